The molecule has 0 aliphatic heterocycles. The summed E-state index contributed by atoms with van der Waals surface area (Å²) in [5.74, 6) is -0.518. The van der Waals surface area contributed by atoms with Gasteiger partial charge >= 0.3 is 5.97 Å². The molecule has 0 aliphatic rings. The fourth-order valence-corrected chi connectivity index (χ4v) is 1.00. The highest BCUT2D eigenvalue weighted by molar-refractivity contribution is 5.87. The predicted molar refractivity (Wildman–Crippen MR) is 57.0 cm³/mol. The average Bonchev–Trinajstić information content (AvgIpc) is 2.18. The van der Waals surface area contributed by atoms with Gasteiger partial charge in [-0.1, -0.05) is 26.3 Å². The molecule has 0 heterocycles. The van der Waals surface area contributed by atoms with Crippen molar-refractivity contribution in [2.75, 3.05) is 0 Å². The molecule has 0 amide bonds. The summed E-state index contributed by atoms with van der Waals surface area (Å²) in [6.07, 6.45) is 4.21. The number of rotatable bonds is 7. The van der Waals surface area contributed by atoms with Crippen molar-refractivity contribution < 1.29 is 14.3 Å². The van der Waals surface area contributed by atoms with Crippen molar-refractivity contribution in [1.82, 2.24) is 0 Å². The van der Waals surface area contributed by atoms with Gasteiger partial charge in [-0.2, -0.15) is 4.99 Å². The standard InChI is InChI=1S/C11H17NO3/c1-4-5-6-7-10(12-8-13)15-11(14)9(2)3/h10H,2,4-7H2,1,3H3. The second-order valence-corrected chi connectivity index (χ2v) is 3.36. The number of carbonyl (C=O) groups excluding carboxylic acids is 2. The molecule has 0 saturated heterocycles. The highest BCUT2D eigenvalue weighted by atomic mass is 16.6. The first-order valence-corrected chi connectivity index (χ1v) is 5.05. The van der Waals surface area contributed by atoms with E-state index in [1.807, 2.05) is 0 Å². The van der Waals surface area contributed by atoms with Gasteiger partial charge in [0.05, 0.1) is 0 Å². The van der Waals surface area contributed by atoms with Crippen LogP contribution in [0.2, 0.25) is 0 Å². The molecule has 84 valence electrons. The highest BCUT2D eigenvalue weighted by Gasteiger charge is 2.12. The van der Waals surface area contributed by atoms with Gasteiger partial charge in [-0.25, -0.2) is 9.59 Å². The van der Waals surface area contributed by atoms with E-state index >= 15 is 0 Å². The number of unbranched alkanes of at least 4 members (excludes halogenated alkanes) is 2. The van der Waals surface area contributed by atoms with Crippen LogP contribution >= 0.6 is 0 Å². The first kappa shape index (κ1) is 13.6. The van der Waals surface area contributed by atoms with Crippen molar-refractivity contribution in [1.29, 1.82) is 0 Å². The summed E-state index contributed by atoms with van der Waals surface area (Å²) in [6.45, 7) is 7.07. The highest BCUT2D eigenvalue weighted by Crippen LogP contribution is 2.09. The zero-order valence-corrected chi connectivity index (χ0v) is 9.28. The molecule has 0 radical (unpaired) electrons. The molecule has 15 heavy (non-hydrogen) atoms. The molecular weight excluding hydrogens is 194 g/mol. The lowest BCUT2D eigenvalue weighted by Gasteiger charge is -2.11. The van der Waals surface area contributed by atoms with E-state index in [1.165, 1.54) is 6.08 Å². The van der Waals surface area contributed by atoms with Gasteiger partial charge in [0.25, 0.3) is 0 Å². The van der Waals surface area contributed by atoms with Gasteiger partial charge < -0.3 is 4.74 Å². The Morgan fingerprint density at radius 3 is 2.67 bits per heavy atom. The van der Waals surface area contributed by atoms with Crippen LogP contribution in [0.15, 0.2) is 17.1 Å². The van der Waals surface area contributed by atoms with Crippen LogP contribution in [0.1, 0.15) is 39.5 Å². The van der Waals surface area contributed by atoms with Gasteiger partial charge in [-0.05, 0) is 13.3 Å². The van der Waals surface area contributed by atoms with Gasteiger partial charge in [0.1, 0.15) is 0 Å². The molecule has 0 N–H and O–H groups in total. The molecule has 0 aromatic carbocycles. The van der Waals surface area contributed by atoms with Crippen LogP contribution in [0.3, 0.4) is 0 Å². The van der Waals surface area contributed by atoms with E-state index in [4.69, 9.17) is 4.74 Å². The molecule has 0 aromatic heterocycles. The molecule has 4 nitrogen and oxygen atoms in total. The van der Waals surface area contributed by atoms with Crippen LogP contribution < -0.4 is 0 Å². The quantitative estimate of drug-likeness (QED) is 0.213. The molecule has 0 aliphatic carbocycles. The van der Waals surface area contributed by atoms with Crippen molar-refractivity contribution in [3.63, 3.8) is 0 Å². The van der Waals surface area contributed by atoms with Crippen molar-refractivity contribution in [3.8, 4) is 0 Å². The van der Waals surface area contributed by atoms with Crippen LogP contribution in [0.25, 0.3) is 0 Å². The van der Waals surface area contributed by atoms with E-state index in [2.05, 4.69) is 18.5 Å². The summed E-state index contributed by atoms with van der Waals surface area (Å²) in [7, 11) is 0. The molecule has 0 aromatic rings. The summed E-state index contributed by atoms with van der Waals surface area (Å²) in [5, 5.41) is 0. The van der Waals surface area contributed by atoms with E-state index < -0.39 is 12.2 Å². The Balaban J connectivity index is 4.09. The predicted octanol–water partition coefficient (Wildman–Crippen LogP) is 2.35. The minimum atomic E-state index is -0.710. The molecular formula is C11H17NO3. The van der Waals surface area contributed by atoms with Gasteiger partial charge in [-0.15, -0.1) is 0 Å². The van der Waals surface area contributed by atoms with Gasteiger partial charge in [0.2, 0.25) is 12.3 Å². The van der Waals surface area contributed by atoms with E-state index in [1.54, 1.807) is 6.92 Å². The Kier molecular flexibility index (Phi) is 7.20. The summed E-state index contributed by atoms with van der Waals surface area (Å²) in [5.41, 5.74) is 0.302. The van der Waals surface area contributed by atoms with Crippen LogP contribution in [0.5, 0.6) is 0 Å². The van der Waals surface area contributed by atoms with E-state index in [-0.39, 0.29) is 0 Å². The number of isocyanates is 1. The maximum atomic E-state index is 11.1. The molecule has 0 fully saturated rings. The Hall–Kier alpha value is -1.41. The molecule has 1 unspecified atom stereocenters. The van der Waals surface area contributed by atoms with E-state index in [9.17, 15) is 9.59 Å². The lowest BCUT2D eigenvalue weighted by Crippen LogP contribution is -2.16. The molecule has 0 bridgehead atoms. The number of ether oxygens (including phenoxy) is 1. The number of carbonyl (C=O) groups is 1. The molecule has 0 saturated carbocycles. The first-order valence-electron chi connectivity index (χ1n) is 5.05. The zero-order valence-electron chi connectivity index (χ0n) is 9.28. The maximum absolute atomic E-state index is 11.1. The third-order valence-electron chi connectivity index (χ3n) is 1.84. The summed E-state index contributed by atoms with van der Waals surface area (Å²) in [6, 6.07) is 0. The Labute approximate surface area is 90.0 Å². The zero-order chi connectivity index (χ0) is 11.7. The molecule has 0 spiro atoms. The number of hydrogen-bond acceptors (Lipinski definition) is 4. The number of aliphatic imine (C=N–C) groups is 1. The lowest BCUT2D eigenvalue weighted by atomic mass is 10.2. The monoisotopic (exact) mass is 211 g/mol. The first-order chi connectivity index (χ1) is 7.11. The average molecular weight is 211 g/mol. The van der Waals surface area contributed by atoms with Crippen molar-refractivity contribution >= 4 is 12.0 Å². The third kappa shape index (κ3) is 6.63. The minimum Gasteiger partial charge on any atom is -0.436 e. The van der Waals surface area contributed by atoms with Crippen molar-refractivity contribution in [2.45, 2.75) is 45.8 Å². The van der Waals surface area contributed by atoms with Crippen LogP contribution in [0.4, 0.5) is 0 Å². The topological polar surface area (TPSA) is 55.7 Å². The summed E-state index contributed by atoms with van der Waals surface area (Å²) in [4.78, 5) is 24.7. The molecule has 0 rings (SSSR count). The smallest absolute Gasteiger partial charge is 0.335 e. The van der Waals surface area contributed by atoms with Crippen LogP contribution in [-0.2, 0) is 14.3 Å². The second-order valence-electron chi connectivity index (χ2n) is 3.36. The lowest BCUT2D eigenvalue weighted by molar-refractivity contribution is -0.144. The van der Waals surface area contributed by atoms with Gasteiger partial charge in [0, 0.05) is 12.0 Å². The third-order valence-corrected chi connectivity index (χ3v) is 1.84. The van der Waals surface area contributed by atoms with Crippen LogP contribution in [0, 0.1) is 0 Å². The van der Waals surface area contributed by atoms with Gasteiger partial charge in [-0.3, -0.25) is 0 Å². The van der Waals surface area contributed by atoms with Crippen molar-refractivity contribution in [3.05, 3.63) is 12.2 Å². The van der Waals surface area contributed by atoms with Crippen molar-refractivity contribution in [2.24, 2.45) is 4.99 Å². The molecule has 1 atom stereocenters. The number of hydrogen-bond donors (Lipinski definition) is 0. The summed E-state index contributed by atoms with van der Waals surface area (Å²) >= 11 is 0. The number of esters is 1. The minimum absolute atomic E-state index is 0.302. The molecule has 4 heteroatoms. The SMILES string of the molecule is C=C(C)C(=O)OC(CCCCC)N=C=O. The van der Waals surface area contributed by atoms with Crippen LogP contribution in [-0.4, -0.2) is 18.3 Å². The Morgan fingerprint density at radius 1 is 1.53 bits per heavy atom. The largest absolute Gasteiger partial charge is 0.436 e. The van der Waals surface area contributed by atoms with E-state index in [0.29, 0.717) is 12.0 Å². The fraction of sp³-hybridized carbons (Fsp3) is 0.636. The number of nitrogens with zero attached hydrogens (tertiary/aromatic N) is 1. The van der Waals surface area contributed by atoms with E-state index in [0.717, 1.165) is 19.3 Å². The fourth-order valence-electron chi connectivity index (χ4n) is 1.00. The Bertz CT molecular complexity index is 267. The maximum Gasteiger partial charge on any atom is 0.335 e. The Morgan fingerprint density at radius 2 is 2.20 bits per heavy atom. The summed E-state index contributed by atoms with van der Waals surface area (Å²) < 4.78 is 4.93. The van der Waals surface area contributed by atoms with Gasteiger partial charge in [0.15, 0.2) is 0 Å². The normalized spacial score (nSPS) is 11.3. The second kappa shape index (κ2) is 7.94.